The molecule has 80 heavy (non-hydrogen) atoms. The van der Waals surface area contributed by atoms with E-state index in [2.05, 4.69) is 93.7 Å². The predicted octanol–water partition coefficient (Wildman–Crippen LogP) is 24.1. The summed E-state index contributed by atoms with van der Waals surface area (Å²) in [6, 6.07) is 0. The number of carbonyl (C=O) groups excluding carboxylic acids is 3. The fraction of sp³-hybridized carbons (Fsp3) is 0.797. The van der Waals surface area contributed by atoms with Crippen LogP contribution in [0.25, 0.3) is 0 Å². The lowest BCUT2D eigenvalue weighted by Crippen LogP contribution is -2.30. The molecule has 464 valence electrons. The molecule has 0 aliphatic carbocycles. The van der Waals surface area contributed by atoms with Crippen LogP contribution in [-0.2, 0) is 28.6 Å². The maximum Gasteiger partial charge on any atom is 0.306 e. The number of esters is 3. The number of unbranched alkanes of at least 4 members (excludes halogenated alkanes) is 41. The Morgan fingerprint density at radius 2 is 0.500 bits per heavy atom. The molecule has 0 aromatic rings. The lowest BCUT2D eigenvalue weighted by Gasteiger charge is -2.18. The summed E-state index contributed by atoms with van der Waals surface area (Å²) in [6.45, 7) is 6.51. The van der Waals surface area contributed by atoms with Gasteiger partial charge in [-0.05, 0) is 103 Å². The van der Waals surface area contributed by atoms with Gasteiger partial charge in [0, 0.05) is 19.3 Å². The maximum absolute atomic E-state index is 12.9. The highest BCUT2D eigenvalue weighted by Gasteiger charge is 2.19. The second-order valence-corrected chi connectivity index (χ2v) is 23.4. The quantitative estimate of drug-likeness (QED) is 0.0261. The number of allylic oxidation sites excluding steroid dienone is 12. The Labute approximate surface area is 497 Å². The minimum absolute atomic E-state index is 0.0813. The van der Waals surface area contributed by atoms with Crippen molar-refractivity contribution >= 4 is 17.9 Å². The van der Waals surface area contributed by atoms with Gasteiger partial charge < -0.3 is 14.2 Å². The van der Waals surface area contributed by atoms with Crippen LogP contribution in [-0.4, -0.2) is 37.2 Å². The van der Waals surface area contributed by atoms with Crippen molar-refractivity contribution in [1.29, 1.82) is 0 Å². The first-order chi connectivity index (χ1) is 39.5. The molecule has 6 nitrogen and oxygen atoms in total. The highest BCUT2D eigenvalue weighted by molar-refractivity contribution is 5.71. The van der Waals surface area contributed by atoms with Crippen LogP contribution in [0.1, 0.15) is 361 Å². The van der Waals surface area contributed by atoms with Crippen molar-refractivity contribution in [3.05, 3.63) is 72.9 Å². The standard InChI is InChI=1S/C74H132O6/c1-4-7-10-13-16-19-22-25-28-30-31-32-33-34-35-36-37-38-39-40-41-42-43-45-46-49-52-55-58-61-64-67-73(76)79-70-71(69-78-72(75)66-63-60-57-54-51-48-27-24-21-18-15-12-9-6-3)80-74(77)68-65-62-59-56-53-50-47-44-29-26-23-20-17-14-11-8-5-2/h8,11,15,17-18,20,24,26-27,29-31,71H,4-7,9-10,12-14,16,19,21-23,25,28,32-70H2,1-3H3/b11-8-,18-15-,20-17-,27-24-,29-26-,31-30-. The molecule has 0 aromatic heterocycles. The van der Waals surface area contributed by atoms with E-state index in [-0.39, 0.29) is 31.1 Å². The lowest BCUT2D eigenvalue weighted by atomic mass is 10.0. The van der Waals surface area contributed by atoms with Gasteiger partial charge in [-0.2, -0.15) is 0 Å². The van der Waals surface area contributed by atoms with Gasteiger partial charge in [-0.3, -0.25) is 14.4 Å². The molecule has 0 N–H and O–H groups in total. The van der Waals surface area contributed by atoms with Crippen LogP contribution in [0.4, 0.5) is 0 Å². The van der Waals surface area contributed by atoms with Crippen LogP contribution >= 0.6 is 0 Å². The molecule has 1 atom stereocenters. The molecule has 0 amide bonds. The molecule has 0 saturated carbocycles. The molecule has 0 radical (unpaired) electrons. The average molecular weight is 1120 g/mol. The molecule has 0 fully saturated rings. The van der Waals surface area contributed by atoms with Gasteiger partial charge in [-0.1, -0.05) is 312 Å². The summed E-state index contributed by atoms with van der Waals surface area (Å²) in [7, 11) is 0. The summed E-state index contributed by atoms with van der Waals surface area (Å²) in [6.07, 6.45) is 89.4. The van der Waals surface area contributed by atoms with Crippen LogP contribution in [0.3, 0.4) is 0 Å². The minimum atomic E-state index is -0.787. The number of hydrogen-bond acceptors (Lipinski definition) is 6. The highest BCUT2D eigenvalue weighted by atomic mass is 16.6. The molecular formula is C74H132O6. The maximum atomic E-state index is 12.9. The second kappa shape index (κ2) is 68.3. The van der Waals surface area contributed by atoms with Gasteiger partial charge in [-0.25, -0.2) is 0 Å². The van der Waals surface area contributed by atoms with Crippen molar-refractivity contribution in [2.24, 2.45) is 0 Å². The number of carbonyl (C=O) groups is 3. The summed E-state index contributed by atoms with van der Waals surface area (Å²) in [5.74, 6) is -0.888. The molecule has 0 rings (SSSR count). The van der Waals surface area contributed by atoms with Crippen LogP contribution in [0.15, 0.2) is 72.9 Å². The summed E-state index contributed by atoms with van der Waals surface area (Å²) >= 11 is 0. The number of hydrogen-bond donors (Lipinski definition) is 0. The third kappa shape index (κ3) is 65.7. The third-order valence-electron chi connectivity index (χ3n) is 15.4. The first kappa shape index (κ1) is 76.9. The van der Waals surface area contributed by atoms with Crippen molar-refractivity contribution in [3.63, 3.8) is 0 Å². The normalized spacial score (nSPS) is 12.5. The largest absolute Gasteiger partial charge is 0.462 e. The first-order valence-corrected chi connectivity index (χ1v) is 34.9. The van der Waals surface area contributed by atoms with E-state index in [9.17, 15) is 14.4 Å². The molecule has 0 heterocycles. The molecule has 0 spiro atoms. The first-order valence-electron chi connectivity index (χ1n) is 34.9. The van der Waals surface area contributed by atoms with Crippen LogP contribution in [0.5, 0.6) is 0 Å². The van der Waals surface area contributed by atoms with Gasteiger partial charge in [0.25, 0.3) is 0 Å². The van der Waals surface area contributed by atoms with E-state index >= 15 is 0 Å². The van der Waals surface area contributed by atoms with Crippen molar-refractivity contribution < 1.29 is 28.6 Å². The Morgan fingerprint density at radius 3 is 0.812 bits per heavy atom. The monoisotopic (exact) mass is 1120 g/mol. The van der Waals surface area contributed by atoms with Gasteiger partial charge in [0.15, 0.2) is 6.10 Å². The van der Waals surface area contributed by atoms with E-state index in [4.69, 9.17) is 14.2 Å². The van der Waals surface area contributed by atoms with Crippen LogP contribution in [0, 0.1) is 0 Å². The van der Waals surface area contributed by atoms with E-state index in [1.54, 1.807) is 0 Å². The van der Waals surface area contributed by atoms with Gasteiger partial charge >= 0.3 is 17.9 Å². The van der Waals surface area contributed by atoms with E-state index in [1.165, 1.54) is 218 Å². The summed E-state index contributed by atoms with van der Waals surface area (Å²) in [4.78, 5) is 38.4. The summed E-state index contributed by atoms with van der Waals surface area (Å²) in [5.41, 5.74) is 0. The zero-order valence-corrected chi connectivity index (χ0v) is 53.3. The highest BCUT2D eigenvalue weighted by Crippen LogP contribution is 2.18. The molecule has 1 unspecified atom stereocenters. The Balaban J connectivity index is 4.19. The number of ether oxygens (including phenoxy) is 3. The molecule has 0 aromatic carbocycles. The average Bonchev–Trinajstić information content (AvgIpc) is 3.46. The van der Waals surface area contributed by atoms with Gasteiger partial charge in [0.05, 0.1) is 0 Å². The fourth-order valence-electron chi connectivity index (χ4n) is 10.2. The minimum Gasteiger partial charge on any atom is -0.462 e. The van der Waals surface area contributed by atoms with Crippen molar-refractivity contribution in [2.75, 3.05) is 13.2 Å². The van der Waals surface area contributed by atoms with Crippen molar-refractivity contribution in [2.45, 2.75) is 367 Å². The van der Waals surface area contributed by atoms with Gasteiger partial charge in [-0.15, -0.1) is 0 Å². The molecule has 0 aliphatic heterocycles. The fourth-order valence-corrected chi connectivity index (χ4v) is 10.2. The predicted molar refractivity (Wildman–Crippen MR) is 348 cm³/mol. The smallest absolute Gasteiger partial charge is 0.306 e. The molecule has 0 saturated heterocycles. The SMILES string of the molecule is CC/C=C\C/C=C\C/C=C\CCCCCCCCCC(=O)OC(COC(=O)CCCCCCC/C=C\C/C=C\CCCC)COC(=O)CCCCCCCCCCCCCCCCCCCCC/C=C\CCCCCCCCCC. The topological polar surface area (TPSA) is 78.9 Å². The van der Waals surface area contributed by atoms with E-state index < -0.39 is 6.10 Å². The van der Waals surface area contributed by atoms with Crippen molar-refractivity contribution in [3.8, 4) is 0 Å². The Morgan fingerprint density at radius 1 is 0.263 bits per heavy atom. The van der Waals surface area contributed by atoms with E-state index in [0.717, 1.165) is 103 Å². The Kier molecular flexibility index (Phi) is 65.7. The Bertz CT molecular complexity index is 1470. The van der Waals surface area contributed by atoms with E-state index in [0.29, 0.717) is 19.3 Å². The molecule has 6 heteroatoms. The second-order valence-electron chi connectivity index (χ2n) is 23.4. The zero-order chi connectivity index (χ0) is 57.8. The van der Waals surface area contributed by atoms with Gasteiger partial charge in [0.1, 0.15) is 13.2 Å². The third-order valence-corrected chi connectivity index (χ3v) is 15.4. The molecule has 0 bridgehead atoms. The van der Waals surface area contributed by atoms with E-state index in [1.807, 2.05) is 0 Å². The van der Waals surface area contributed by atoms with Gasteiger partial charge in [0.2, 0.25) is 0 Å². The van der Waals surface area contributed by atoms with Crippen LogP contribution in [0.2, 0.25) is 0 Å². The van der Waals surface area contributed by atoms with Crippen molar-refractivity contribution in [1.82, 2.24) is 0 Å². The van der Waals surface area contributed by atoms with Crippen LogP contribution < -0.4 is 0 Å². The molecular weight excluding hydrogens is 985 g/mol. The lowest BCUT2D eigenvalue weighted by molar-refractivity contribution is -0.167. The molecule has 0 aliphatic rings. The summed E-state index contributed by atoms with van der Waals surface area (Å²) in [5, 5.41) is 0. The Hall–Kier alpha value is -3.15. The number of rotatable bonds is 64. The summed E-state index contributed by atoms with van der Waals surface area (Å²) < 4.78 is 16.9. The zero-order valence-electron chi connectivity index (χ0n) is 53.3.